The SMILES string of the molecule is CC(C)n1nc(C(=O)Nc2cc(NC(=O)Cc3cn(C)c4ccccc34)cnc2F)c(C(N)=O)c1N. The Morgan fingerprint density at radius 1 is 1.17 bits per heavy atom. The number of pyridine rings is 1. The van der Waals surface area contributed by atoms with Gasteiger partial charge in [0.25, 0.3) is 11.8 Å². The van der Waals surface area contributed by atoms with Crippen molar-refractivity contribution in [2.45, 2.75) is 26.3 Å². The van der Waals surface area contributed by atoms with Crippen LogP contribution in [0.5, 0.6) is 0 Å². The zero-order valence-corrected chi connectivity index (χ0v) is 19.9. The molecule has 0 aliphatic rings. The fourth-order valence-corrected chi connectivity index (χ4v) is 3.97. The molecule has 0 saturated heterocycles. The average molecular weight is 493 g/mol. The van der Waals surface area contributed by atoms with E-state index in [0.717, 1.165) is 22.7 Å². The number of aromatic nitrogens is 4. The van der Waals surface area contributed by atoms with Crippen molar-refractivity contribution in [1.29, 1.82) is 0 Å². The van der Waals surface area contributed by atoms with Gasteiger partial charge in [-0.1, -0.05) is 18.2 Å². The van der Waals surface area contributed by atoms with Gasteiger partial charge in [0.15, 0.2) is 5.69 Å². The van der Waals surface area contributed by atoms with Crippen LogP contribution < -0.4 is 22.1 Å². The van der Waals surface area contributed by atoms with Gasteiger partial charge in [0.1, 0.15) is 11.4 Å². The van der Waals surface area contributed by atoms with Crippen LogP contribution in [0, 0.1) is 5.95 Å². The molecule has 6 N–H and O–H groups in total. The minimum Gasteiger partial charge on any atom is -0.383 e. The van der Waals surface area contributed by atoms with E-state index >= 15 is 0 Å². The largest absolute Gasteiger partial charge is 0.383 e. The number of amides is 3. The maximum Gasteiger partial charge on any atom is 0.277 e. The Kier molecular flexibility index (Phi) is 6.43. The molecule has 36 heavy (non-hydrogen) atoms. The quantitative estimate of drug-likeness (QED) is 0.290. The van der Waals surface area contributed by atoms with E-state index in [9.17, 15) is 18.8 Å². The first kappa shape index (κ1) is 24.4. The van der Waals surface area contributed by atoms with Gasteiger partial charge in [0.2, 0.25) is 11.9 Å². The normalized spacial score (nSPS) is 11.1. The monoisotopic (exact) mass is 492 g/mol. The maximum absolute atomic E-state index is 14.4. The Balaban J connectivity index is 1.54. The number of nitrogens with zero attached hydrogens (tertiary/aromatic N) is 4. The van der Waals surface area contributed by atoms with Gasteiger partial charge in [0.05, 0.1) is 24.0 Å². The number of nitrogens with one attached hydrogen (secondary N) is 2. The van der Waals surface area contributed by atoms with E-state index in [-0.39, 0.29) is 46.8 Å². The van der Waals surface area contributed by atoms with Crippen molar-refractivity contribution in [3.63, 3.8) is 0 Å². The van der Waals surface area contributed by atoms with Gasteiger partial charge in [-0.05, 0) is 31.5 Å². The van der Waals surface area contributed by atoms with Crippen molar-refractivity contribution < 1.29 is 18.8 Å². The van der Waals surface area contributed by atoms with Gasteiger partial charge in [-0.25, -0.2) is 9.67 Å². The number of benzene rings is 1. The van der Waals surface area contributed by atoms with Gasteiger partial charge in [0, 0.05) is 30.2 Å². The first-order chi connectivity index (χ1) is 17.1. The summed E-state index contributed by atoms with van der Waals surface area (Å²) in [5.41, 5.74) is 12.4. The lowest BCUT2D eigenvalue weighted by atomic mass is 10.1. The van der Waals surface area contributed by atoms with Crippen molar-refractivity contribution in [2.24, 2.45) is 12.8 Å². The van der Waals surface area contributed by atoms with Crippen LogP contribution in [0.15, 0.2) is 42.7 Å². The molecule has 0 saturated carbocycles. The minimum absolute atomic E-state index is 0.0734. The zero-order valence-electron chi connectivity index (χ0n) is 19.9. The first-order valence-electron chi connectivity index (χ1n) is 11.0. The summed E-state index contributed by atoms with van der Waals surface area (Å²) < 4.78 is 17.6. The fraction of sp³-hybridized carbons (Fsp3) is 0.208. The Labute approximate surface area is 205 Å². The number of rotatable bonds is 7. The molecule has 1 aromatic carbocycles. The summed E-state index contributed by atoms with van der Waals surface area (Å²) in [6.07, 6.45) is 3.08. The predicted molar refractivity (Wildman–Crippen MR) is 133 cm³/mol. The van der Waals surface area contributed by atoms with Crippen LogP contribution in [0.3, 0.4) is 0 Å². The van der Waals surface area contributed by atoms with E-state index in [1.807, 2.05) is 42.1 Å². The zero-order chi connectivity index (χ0) is 26.1. The van der Waals surface area contributed by atoms with Crippen LogP contribution in [0.2, 0.25) is 0 Å². The Bertz CT molecular complexity index is 1500. The molecule has 0 spiro atoms. The summed E-state index contributed by atoms with van der Waals surface area (Å²) in [5, 5.41) is 10.00. The highest BCUT2D eigenvalue weighted by molar-refractivity contribution is 6.13. The molecule has 0 atom stereocenters. The van der Waals surface area contributed by atoms with E-state index < -0.39 is 17.8 Å². The van der Waals surface area contributed by atoms with Crippen LogP contribution in [0.1, 0.15) is 46.3 Å². The van der Waals surface area contributed by atoms with Crippen molar-refractivity contribution in [1.82, 2.24) is 19.3 Å². The van der Waals surface area contributed by atoms with Gasteiger partial charge >= 0.3 is 0 Å². The molecule has 3 amide bonds. The smallest absolute Gasteiger partial charge is 0.277 e. The number of anilines is 3. The molecular formula is C24H25FN8O3. The lowest BCUT2D eigenvalue weighted by Crippen LogP contribution is -2.21. The highest BCUT2D eigenvalue weighted by Gasteiger charge is 2.27. The minimum atomic E-state index is -0.993. The molecule has 12 heteroatoms. The van der Waals surface area contributed by atoms with Gasteiger partial charge in [-0.3, -0.25) is 14.4 Å². The second-order valence-electron chi connectivity index (χ2n) is 8.54. The highest BCUT2D eigenvalue weighted by atomic mass is 19.1. The maximum atomic E-state index is 14.4. The molecule has 0 radical (unpaired) electrons. The van der Waals surface area contributed by atoms with Crippen LogP contribution in [-0.4, -0.2) is 37.1 Å². The number of primary amides is 1. The summed E-state index contributed by atoms with van der Waals surface area (Å²) in [5.74, 6) is -3.27. The number of nitrogen functional groups attached to an aromatic ring is 1. The predicted octanol–water partition coefficient (Wildman–Crippen LogP) is 2.60. The first-order valence-corrected chi connectivity index (χ1v) is 11.0. The molecule has 0 unspecified atom stereocenters. The summed E-state index contributed by atoms with van der Waals surface area (Å²) in [4.78, 5) is 41.0. The van der Waals surface area contributed by atoms with E-state index in [4.69, 9.17) is 11.5 Å². The molecule has 3 aromatic heterocycles. The number of fused-ring (bicyclic) bond motifs is 1. The molecule has 0 aliphatic heterocycles. The number of halogens is 1. The lowest BCUT2D eigenvalue weighted by molar-refractivity contribution is -0.115. The van der Waals surface area contributed by atoms with Gasteiger partial charge in [-0.15, -0.1) is 0 Å². The second kappa shape index (κ2) is 9.49. The molecule has 3 heterocycles. The van der Waals surface area contributed by atoms with Crippen molar-refractivity contribution in [3.8, 4) is 0 Å². The molecule has 0 bridgehead atoms. The third-order valence-electron chi connectivity index (χ3n) is 5.60. The van der Waals surface area contributed by atoms with Gasteiger partial charge < -0.3 is 26.7 Å². The van der Waals surface area contributed by atoms with Crippen molar-refractivity contribution in [3.05, 3.63) is 65.5 Å². The molecule has 186 valence electrons. The third-order valence-corrected chi connectivity index (χ3v) is 5.60. The molecule has 0 fully saturated rings. The molecule has 11 nitrogen and oxygen atoms in total. The van der Waals surface area contributed by atoms with Crippen LogP contribution in [0.25, 0.3) is 10.9 Å². The average Bonchev–Trinajstić information content (AvgIpc) is 3.33. The molecule has 4 aromatic rings. The highest BCUT2D eigenvalue weighted by Crippen LogP contribution is 2.24. The summed E-state index contributed by atoms with van der Waals surface area (Å²) in [6.45, 7) is 3.51. The molecular weight excluding hydrogens is 467 g/mol. The summed E-state index contributed by atoms with van der Waals surface area (Å²) in [6, 6.07) is 8.65. The van der Waals surface area contributed by atoms with Crippen LogP contribution in [-0.2, 0) is 18.3 Å². The Morgan fingerprint density at radius 3 is 2.58 bits per heavy atom. The topological polar surface area (TPSA) is 163 Å². The second-order valence-corrected chi connectivity index (χ2v) is 8.54. The Hall–Kier alpha value is -4.74. The lowest BCUT2D eigenvalue weighted by Gasteiger charge is -2.09. The van der Waals surface area contributed by atoms with Crippen molar-refractivity contribution >= 4 is 45.8 Å². The van der Waals surface area contributed by atoms with Crippen LogP contribution in [0.4, 0.5) is 21.6 Å². The van der Waals surface area contributed by atoms with E-state index in [1.165, 1.54) is 10.7 Å². The number of aryl methyl sites for hydroxylation is 1. The summed E-state index contributed by atoms with van der Waals surface area (Å²) in [7, 11) is 1.89. The number of nitrogens with two attached hydrogens (primary N) is 2. The standard InChI is InChI=1S/C24H25FN8O3/c1-12(2)33-22(26)19(23(27)35)20(31-33)24(36)30-16-9-14(10-28-21(16)25)29-18(34)8-13-11-32(3)17-7-5-4-6-15(13)17/h4-7,9-12H,8,26H2,1-3H3,(H2,27,35)(H,29,34)(H,30,36). The molecule has 0 aliphatic carbocycles. The van der Waals surface area contributed by atoms with Crippen molar-refractivity contribution in [2.75, 3.05) is 16.4 Å². The number of hydrogen-bond donors (Lipinski definition) is 4. The number of hydrogen-bond acceptors (Lipinski definition) is 6. The fourth-order valence-electron chi connectivity index (χ4n) is 3.97. The van der Waals surface area contributed by atoms with E-state index in [0.29, 0.717) is 0 Å². The Morgan fingerprint density at radius 2 is 1.89 bits per heavy atom. The van der Waals surface area contributed by atoms with E-state index in [2.05, 4.69) is 20.7 Å². The molecule has 4 rings (SSSR count). The number of para-hydroxylation sites is 1. The van der Waals surface area contributed by atoms with Gasteiger partial charge in [-0.2, -0.15) is 9.49 Å². The van der Waals surface area contributed by atoms with Crippen LogP contribution >= 0.6 is 0 Å². The van der Waals surface area contributed by atoms with E-state index in [1.54, 1.807) is 13.8 Å². The summed E-state index contributed by atoms with van der Waals surface area (Å²) >= 11 is 0. The number of carbonyl (C=O) groups is 3. The number of carbonyl (C=O) groups excluding carboxylic acids is 3. The third kappa shape index (κ3) is 4.60.